The van der Waals surface area contributed by atoms with Gasteiger partial charge in [0.2, 0.25) is 0 Å². The molecule has 1 aliphatic carbocycles. The molecule has 0 spiro atoms. The van der Waals surface area contributed by atoms with E-state index in [-0.39, 0.29) is 24.9 Å². The summed E-state index contributed by atoms with van der Waals surface area (Å²) in [6.07, 6.45) is 9.33. The molecule has 0 bridgehead atoms. The Morgan fingerprint density at radius 3 is 2.41 bits per heavy atom. The molecule has 8 heteroatoms. The maximum Gasteiger partial charge on any atom is 0.344 e. The number of aryl methyl sites for hydroxylation is 1. The molecule has 1 amide bonds. The summed E-state index contributed by atoms with van der Waals surface area (Å²) in [6, 6.07) is 14.4. The zero-order chi connectivity index (χ0) is 27.8. The van der Waals surface area contributed by atoms with Crippen LogP contribution in [0.3, 0.4) is 0 Å². The lowest BCUT2D eigenvalue weighted by molar-refractivity contribution is -0.146. The quantitative estimate of drug-likeness (QED) is 0.213. The largest absolute Gasteiger partial charge is 0.482 e. The van der Waals surface area contributed by atoms with E-state index in [1.807, 2.05) is 31.2 Å². The van der Waals surface area contributed by atoms with Gasteiger partial charge in [0.05, 0.1) is 12.0 Å². The Hall–Kier alpha value is -3.84. The van der Waals surface area contributed by atoms with Gasteiger partial charge in [-0.15, -0.1) is 0 Å². The minimum Gasteiger partial charge on any atom is -0.482 e. The standard InChI is InChI=1S/C31H33ClN2O5/c1-3-38-28(35)20-39-24-15-16-26(34-27(32)19-24)31(17-7-4-8-18-31)29(36)22-11-13-23(14-12-22)33-30(37)25-10-6-5-9-21(25)2/h5-6,9-16,19,34H,3-4,7-8,17-18,20H2,1-2H3,(H,33,37). The van der Waals surface area contributed by atoms with Crippen molar-refractivity contribution >= 4 is 34.9 Å². The summed E-state index contributed by atoms with van der Waals surface area (Å²) < 4.78 is 10.5. The second-order valence-electron chi connectivity index (χ2n) is 9.68. The molecule has 2 N–H and O–H groups in total. The van der Waals surface area contributed by atoms with Crippen molar-refractivity contribution in [2.75, 3.05) is 18.5 Å². The molecule has 39 heavy (non-hydrogen) atoms. The number of rotatable bonds is 9. The van der Waals surface area contributed by atoms with Crippen molar-refractivity contribution in [1.29, 1.82) is 0 Å². The highest BCUT2D eigenvalue weighted by Gasteiger charge is 2.43. The minimum absolute atomic E-state index is 0.00788. The molecule has 0 saturated heterocycles. The fourth-order valence-corrected chi connectivity index (χ4v) is 5.25. The summed E-state index contributed by atoms with van der Waals surface area (Å²) >= 11 is 6.47. The van der Waals surface area contributed by atoms with Gasteiger partial charge >= 0.3 is 5.97 Å². The van der Waals surface area contributed by atoms with E-state index in [1.54, 1.807) is 49.4 Å². The van der Waals surface area contributed by atoms with Crippen LogP contribution in [0, 0.1) is 12.3 Å². The van der Waals surface area contributed by atoms with Crippen molar-refractivity contribution in [2.24, 2.45) is 5.41 Å². The average Bonchev–Trinajstić information content (AvgIpc) is 3.14. The molecule has 2 aromatic rings. The van der Waals surface area contributed by atoms with E-state index in [1.165, 1.54) is 0 Å². The van der Waals surface area contributed by atoms with Crippen molar-refractivity contribution in [1.82, 2.24) is 5.32 Å². The second kappa shape index (κ2) is 12.8. The molecule has 204 valence electrons. The number of ketones is 1. The lowest BCUT2D eigenvalue weighted by Gasteiger charge is -2.38. The Bertz CT molecular complexity index is 1320. The van der Waals surface area contributed by atoms with Gasteiger partial charge in [-0.2, -0.15) is 0 Å². The van der Waals surface area contributed by atoms with Crippen LogP contribution < -0.4 is 10.6 Å². The van der Waals surface area contributed by atoms with Crippen LogP contribution in [0.15, 0.2) is 83.4 Å². The van der Waals surface area contributed by atoms with Crippen LogP contribution in [0.1, 0.15) is 65.3 Å². The third-order valence-electron chi connectivity index (χ3n) is 7.05. The number of halogens is 1. The van der Waals surface area contributed by atoms with E-state index >= 15 is 0 Å². The first-order valence-electron chi connectivity index (χ1n) is 13.2. The van der Waals surface area contributed by atoms with Gasteiger partial charge in [-0.25, -0.2) is 4.79 Å². The Morgan fingerprint density at radius 1 is 1.00 bits per heavy atom. The highest BCUT2D eigenvalue weighted by atomic mass is 35.5. The van der Waals surface area contributed by atoms with E-state index in [0.717, 1.165) is 24.8 Å². The van der Waals surface area contributed by atoms with Crippen molar-refractivity contribution in [2.45, 2.75) is 46.0 Å². The number of Topliss-reactive ketones (excluding diaryl/α,β-unsaturated/α-hetero) is 1. The van der Waals surface area contributed by atoms with Gasteiger partial charge in [0.1, 0.15) is 10.9 Å². The third-order valence-corrected chi connectivity index (χ3v) is 7.25. The van der Waals surface area contributed by atoms with Gasteiger partial charge in [0.15, 0.2) is 12.4 Å². The first-order valence-corrected chi connectivity index (χ1v) is 13.6. The molecule has 1 aliphatic heterocycles. The number of carbonyl (C=O) groups excluding carboxylic acids is 3. The number of carbonyl (C=O) groups is 3. The maximum atomic E-state index is 14.1. The van der Waals surface area contributed by atoms with Crippen molar-refractivity contribution < 1.29 is 23.9 Å². The summed E-state index contributed by atoms with van der Waals surface area (Å²) in [4.78, 5) is 38.5. The minimum atomic E-state index is -0.786. The fourth-order valence-electron chi connectivity index (χ4n) is 5.04. The fraction of sp³-hybridized carbons (Fsp3) is 0.323. The summed E-state index contributed by atoms with van der Waals surface area (Å²) in [5, 5.41) is 6.41. The molecule has 1 saturated carbocycles. The SMILES string of the molecule is CCOC(=O)COC1=CC=C(C2(C(=O)c3ccc(NC(=O)c4ccccc4C)cc3)CCCCC2)NC(Cl)=C1. The molecule has 2 aromatic carbocycles. The van der Waals surface area contributed by atoms with Crippen LogP contribution in [0.2, 0.25) is 0 Å². The Balaban J connectivity index is 1.55. The molecule has 1 heterocycles. The first kappa shape index (κ1) is 28.2. The van der Waals surface area contributed by atoms with Crippen molar-refractivity contribution in [3.8, 4) is 0 Å². The normalized spacial score (nSPS) is 16.4. The highest BCUT2D eigenvalue weighted by Crippen LogP contribution is 2.45. The van der Waals surface area contributed by atoms with E-state index in [2.05, 4.69) is 10.6 Å². The summed E-state index contributed by atoms with van der Waals surface area (Å²) in [5.41, 5.74) is 2.57. The molecule has 4 rings (SSSR count). The first-order chi connectivity index (χ1) is 18.8. The Kier molecular flexibility index (Phi) is 9.25. The Morgan fingerprint density at radius 2 is 1.72 bits per heavy atom. The molecule has 0 radical (unpaired) electrons. The van der Waals surface area contributed by atoms with Crippen LogP contribution in [0.5, 0.6) is 0 Å². The topological polar surface area (TPSA) is 93.7 Å². The molecule has 0 atom stereocenters. The molecule has 2 aliphatic rings. The third kappa shape index (κ3) is 6.79. The predicted octanol–water partition coefficient (Wildman–Crippen LogP) is 6.41. The number of amides is 1. The molecule has 1 fully saturated rings. The van der Waals surface area contributed by atoms with E-state index in [4.69, 9.17) is 21.1 Å². The number of nitrogens with one attached hydrogen (secondary N) is 2. The Labute approximate surface area is 233 Å². The van der Waals surface area contributed by atoms with Crippen molar-refractivity contribution in [3.05, 3.63) is 100 Å². The van der Waals surface area contributed by atoms with Gasteiger partial charge in [-0.3, -0.25) is 9.59 Å². The lowest BCUT2D eigenvalue weighted by atomic mass is 9.67. The van der Waals surface area contributed by atoms with Crippen LogP contribution in [0.25, 0.3) is 0 Å². The number of anilines is 1. The molecule has 0 aromatic heterocycles. The maximum absolute atomic E-state index is 14.1. The van der Waals surface area contributed by atoms with Gasteiger partial charge in [-0.05, 0) is 74.7 Å². The van der Waals surface area contributed by atoms with Crippen LogP contribution >= 0.6 is 11.6 Å². The van der Waals surface area contributed by atoms with Gasteiger partial charge in [0.25, 0.3) is 5.91 Å². The number of allylic oxidation sites excluding steroid dienone is 4. The highest BCUT2D eigenvalue weighted by molar-refractivity contribution is 6.29. The number of ether oxygens (including phenoxy) is 2. The van der Waals surface area contributed by atoms with Crippen LogP contribution in [-0.2, 0) is 14.3 Å². The second-order valence-corrected chi connectivity index (χ2v) is 10.1. The van der Waals surface area contributed by atoms with E-state index < -0.39 is 11.4 Å². The zero-order valence-corrected chi connectivity index (χ0v) is 23.0. The average molecular weight is 549 g/mol. The van der Waals surface area contributed by atoms with E-state index in [0.29, 0.717) is 46.3 Å². The van der Waals surface area contributed by atoms with Crippen LogP contribution in [0.4, 0.5) is 5.69 Å². The van der Waals surface area contributed by atoms with Gasteiger partial charge in [0, 0.05) is 28.6 Å². The molecule has 7 nitrogen and oxygen atoms in total. The summed E-state index contributed by atoms with van der Waals surface area (Å²) in [6.45, 7) is 3.66. The number of hydrogen-bond acceptors (Lipinski definition) is 6. The number of hydrogen-bond donors (Lipinski definition) is 2. The summed E-state index contributed by atoms with van der Waals surface area (Å²) in [5.74, 6) is -0.283. The number of esters is 1. The van der Waals surface area contributed by atoms with Crippen LogP contribution in [-0.4, -0.2) is 30.9 Å². The van der Waals surface area contributed by atoms with E-state index in [9.17, 15) is 14.4 Å². The smallest absolute Gasteiger partial charge is 0.344 e. The molecular formula is C31H33ClN2O5. The molecular weight excluding hydrogens is 516 g/mol. The zero-order valence-electron chi connectivity index (χ0n) is 22.2. The lowest BCUT2D eigenvalue weighted by Crippen LogP contribution is -2.40. The number of benzene rings is 2. The molecule has 0 unspecified atom stereocenters. The predicted molar refractivity (Wildman–Crippen MR) is 151 cm³/mol. The van der Waals surface area contributed by atoms with Gasteiger partial charge in [-0.1, -0.05) is 49.1 Å². The summed E-state index contributed by atoms with van der Waals surface area (Å²) in [7, 11) is 0. The van der Waals surface area contributed by atoms with Gasteiger partial charge < -0.3 is 20.1 Å². The monoisotopic (exact) mass is 548 g/mol. The van der Waals surface area contributed by atoms with Crippen molar-refractivity contribution in [3.63, 3.8) is 0 Å².